The lowest BCUT2D eigenvalue weighted by Crippen LogP contribution is -2.29. The Morgan fingerprint density at radius 1 is 0.696 bits per heavy atom. The summed E-state index contributed by atoms with van der Waals surface area (Å²) in [6, 6.07) is -1.34. The summed E-state index contributed by atoms with van der Waals surface area (Å²) in [5.41, 5.74) is 10.6. The first-order chi connectivity index (χ1) is 10.6. The number of hydrogen-bond acceptors (Lipinski definition) is 4. The summed E-state index contributed by atoms with van der Waals surface area (Å²) < 4.78 is 0. The Bertz CT molecular complexity index is 320. The molecule has 0 fully saturated rings. The Labute approximate surface area is 140 Å². The normalized spacial score (nSPS) is 13.4. The van der Waals surface area contributed by atoms with E-state index in [9.17, 15) is 9.59 Å². The van der Waals surface area contributed by atoms with E-state index in [1.807, 2.05) is 0 Å². The lowest BCUT2D eigenvalue weighted by atomic mass is 10.0. The first kappa shape index (κ1) is 24.1. The van der Waals surface area contributed by atoms with Gasteiger partial charge in [0.15, 0.2) is 0 Å². The molecular weight excluding hydrogens is 296 g/mol. The highest BCUT2D eigenvalue weighted by Crippen LogP contribution is 2.09. The number of nitrogens with two attached hydrogens (primary N) is 2. The molecule has 0 saturated carbocycles. The molecule has 0 radical (unpaired) electrons. The van der Waals surface area contributed by atoms with Gasteiger partial charge in [0.2, 0.25) is 0 Å². The molecule has 138 valence electrons. The lowest BCUT2D eigenvalue weighted by molar-refractivity contribution is -0.139. The highest BCUT2D eigenvalue weighted by atomic mass is 16.4. The lowest BCUT2D eigenvalue weighted by Gasteiger charge is -2.06. The van der Waals surface area contributed by atoms with E-state index in [0.717, 1.165) is 32.1 Å². The first-order valence-electron chi connectivity index (χ1n) is 8.54. The van der Waals surface area contributed by atoms with E-state index in [2.05, 4.69) is 27.7 Å². The molecule has 23 heavy (non-hydrogen) atoms. The van der Waals surface area contributed by atoms with Crippen molar-refractivity contribution < 1.29 is 19.8 Å². The largest absolute Gasteiger partial charge is 0.480 e. The van der Waals surface area contributed by atoms with Crippen molar-refractivity contribution in [3.63, 3.8) is 0 Å². The maximum atomic E-state index is 10.3. The fourth-order valence-electron chi connectivity index (χ4n) is 1.91. The van der Waals surface area contributed by atoms with Crippen LogP contribution < -0.4 is 11.5 Å². The summed E-state index contributed by atoms with van der Waals surface area (Å²) in [6.45, 7) is 8.56. The minimum atomic E-state index is -0.895. The van der Waals surface area contributed by atoms with Crippen LogP contribution in [0.5, 0.6) is 0 Å². The molecule has 6 N–H and O–H groups in total. The van der Waals surface area contributed by atoms with Crippen LogP contribution in [-0.2, 0) is 9.59 Å². The van der Waals surface area contributed by atoms with Crippen molar-refractivity contribution in [1.29, 1.82) is 0 Å². The zero-order valence-electron chi connectivity index (χ0n) is 15.1. The minimum Gasteiger partial charge on any atom is -0.480 e. The van der Waals surface area contributed by atoms with Gasteiger partial charge in [-0.05, 0) is 24.7 Å². The Morgan fingerprint density at radius 2 is 1.00 bits per heavy atom. The van der Waals surface area contributed by atoms with E-state index in [1.54, 1.807) is 0 Å². The van der Waals surface area contributed by atoms with Crippen molar-refractivity contribution in [3.05, 3.63) is 0 Å². The summed E-state index contributed by atoms with van der Waals surface area (Å²) in [7, 11) is 0. The quantitative estimate of drug-likeness (QED) is 0.431. The van der Waals surface area contributed by atoms with E-state index in [1.165, 1.54) is 0 Å². The van der Waals surface area contributed by atoms with E-state index in [0.29, 0.717) is 24.7 Å². The average molecular weight is 332 g/mol. The van der Waals surface area contributed by atoms with Gasteiger partial charge in [-0.3, -0.25) is 9.59 Å². The molecule has 6 nitrogen and oxygen atoms in total. The van der Waals surface area contributed by atoms with Crippen LogP contribution in [0.1, 0.15) is 72.6 Å². The highest BCUT2D eigenvalue weighted by Gasteiger charge is 2.10. The monoisotopic (exact) mass is 332 g/mol. The molecule has 0 aromatic rings. The third-order valence-electron chi connectivity index (χ3n) is 3.48. The van der Waals surface area contributed by atoms with Crippen molar-refractivity contribution >= 4 is 11.9 Å². The summed E-state index contributed by atoms with van der Waals surface area (Å²) in [4.78, 5) is 20.6. The van der Waals surface area contributed by atoms with Crippen LogP contribution in [0.25, 0.3) is 0 Å². The van der Waals surface area contributed by atoms with Crippen LogP contribution in [-0.4, -0.2) is 34.2 Å². The van der Waals surface area contributed by atoms with Gasteiger partial charge in [0.25, 0.3) is 0 Å². The number of carboxylic acid groups (broad SMARTS) is 2. The molecule has 0 aromatic carbocycles. The molecular formula is C17H36N2O4. The standard InChI is InChI=1S/C9H19NO2.C8H17NO2/c1-7(2)5-3-4-6-8(10)9(11)12;1-6(2)4-3-5-7(9)8(10)11/h7-8H,3-6,10H2,1-2H3,(H,11,12);6-7H,3-5,9H2,1-2H3,(H,10,11). The molecule has 0 bridgehead atoms. The zero-order valence-corrected chi connectivity index (χ0v) is 15.1. The average Bonchev–Trinajstić information content (AvgIpc) is 2.43. The Hall–Kier alpha value is -1.14. The molecule has 0 heterocycles. The summed E-state index contributed by atoms with van der Waals surface area (Å²) in [5, 5.41) is 16.9. The molecule has 0 aliphatic rings. The fraction of sp³-hybridized carbons (Fsp3) is 0.882. The van der Waals surface area contributed by atoms with E-state index >= 15 is 0 Å². The highest BCUT2D eigenvalue weighted by molar-refractivity contribution is 5.73. The van der Waals surface area contributed by atoms with Gasteiger partial charge < -0.3 is 21.7 Å². The molecule has 2 unspecified atom stereocenters. The third kappa shape index (κ3) is 18.8. The number of unbranched alkanes of at least 4 members (excludes halogenated alkanes) is 1. The van der Waals surface area contributed by atoms with Crippen LogP contribution in [0.4, 0.5) is 0 Å². The topological polar surface area (TPSA) is 127 Å². The van der Waals surface area contributed by atoms with E-state index in [4.69, 9.17) is 21.7 Å². The minimum absolute atomic E-state index is 0.591. The molecule has 0 amide bonds. The van der Waals surface area contributed by atoms with Crippen molar-refractivity contribution in [3.8, 4) is 0 Å². The van der Waals surface area contributed by atoms with Gasteiger partial charge in [-0.15, -0.1) is 0 Å². The number of carboxylic acids is 2. The van der Waals surface area contributed by atoms with Gasteiger partial charge in [-0.25, -0.2) is 0 Å². The summed E-state index contributed by atoms with van der Waals surface area (Å²) >= 11 is 0. The second kappa shape index (κ2) is 14.5. The number of hydrogen-bond donors (Lipinski definition) is 4. The van der Waals surface area contributed by atoms with Crippen LogP contribution in [0.15, 0.2) is 0 Å². The third-order valence-corrected chi connectivity index (χ3v) is 3.48. The van der Waals surface area contributed by atoms with Crippen molar-refractivity contribution in [2.45, 2.75) is 84.7 Å². The molecule has 0 aliphatic carbocycles. The Kier molecular flexibility index (Phi) is 15.2. The van der Waals surface area contributed by atoms with Gasteiger partial charge in [0, 0.05) is 0 Å². The predicted octanol–water partition coefficient (Wildman–Crippen LogP) is 2.84. The van der Waals surface area contributed by atoms with Crippen LogP contribution >= 0.6 is 0 Å². The van der Waals surface area contributed by atoms with E-state index in [-0.39, 0.29) is 0 Å². The summed E-state index contributed by atoms with van der Waals surface area (Å²) in [6.07, 6.45) is 6.32. The molecule has 0 rings (SSSR count). The van der Waals surface area contributed by atoms with Gasteiger partial charge >= 0.3 is 11.9 Å². The molecule has 0 aromatic heterocycles. The Balaban J connectivity index is 0. The van der Waals surface area contributed by atoms with Gasteiger partial charge in [0.1, 0.15) is 12.1 Å². The molecule has 6 heteroatoms. The van der Waals surface area contributed by atoms with Gasteiger partial charge in [-0.2, -0.15) is 0 Å². The molecule has 0 saturated heterocycles. The maximum Gasteiger partial charge on any atom is 0.320 e. The second-order valence-corrected chi connectivity index (χ2v) is 6.89. The van der Waals surface area contributed by atoms with Gasteiger partial charge in [-0.1, -0.05) is 59.8 Å². The maximum absolute atomic E-state index is 10.3. The predicted molar refractivity (Wildman–Crippen MR) is 93.2 cm³/mol. The SMILES string of the molecule is CC(C)CCCC(N)C(=O)O.CC(C)CCCCC(N)C(=O)O. The van der Waals surface area contributed by atoms with Gasteiger partial charge in [0.05, 0.1) is 0 Å². The van der Waals surface area contributed by atoms with Crippen molar-refractivity contribution in [1.82, 2.24) is 0 Å². The van der Waals surface area contributed by atoms with Crippen molar-refractivity contribution in [2.24, 2.45) is 23.3 Å². The number of carbonyl (C=O) groups is 2. The molecule has 0 spiro atoms. The smallest absolute Gasteiger partial charge is 0.320 e. The first-order valence-corrected chi connectivity index (χ1v) is 8.54. The van der Waals surface area contributed by atoms with Crippen LogP contribution in [0.3, 0.4) is 0 Å². The molecule has 0 aliphatic heterocycles. The molecule has 2 atom stereocenters. The number of rotatable bonds is 11. The summed E-state index contributed by atoms with van der Waals surface area (Å²) in [5.74, 6) is -0.449. The van der Waals surface area contributed by atoms with E-state index < -0.39 is 24.0 Å². The number of aliphatic carboxylic acids is 2. The zero-order chi connectivity index (χ0) is 18.4. The van der Waals surface area contributed by atoms with Crippen LogP contribution in [0.2, 0.25) is 0 Å². The van der Waals surface area contributed by atoms with Crippen molar-refractivity contribution in [2.75, 3.05) is 0 Å². The second-order valence-electron chi connectivity index (χ2n) is 6.89. The Morgan fingerprint density at radius 3 is 1.35 bits per heavy atom. The fourth-order valence-corrected chi connectivity index (χ4v) is 1.91. The van der Waals surface area contributed by atoms with Crippen LogP contribution in [0, 0.1) is 11.8 Å².